The normalized spacial score (nSPS) is 17.2. The molecule has 1 aliphatic rings. The lowest BCUT2D eigenvalue weighted by atomic mass is 10.1. The first-order valence-corrected chi connectivity index (χ1v) is 6.29. The molecule has 0 aliphatic carbocycles. The van der Waals surface area contributed by atoms with Gasteiger partial charge in [0.1, 0.15) is 0 Å². The van der Waals surface area contributed by atoms with Crippen molar-refractivity contribution < 1.29 is 4.79 Å². The van der Waals surface area contributed by atoms with Crippen molar-refractivity contribution in [2.24, 2.45) is 0 Å². The number of piperazine rings is 1. The van der Waals surface area contributed by atoms with Gasteiger partial charge in [-0.2, -0.15) is 0 Å². The fourth-order valence-electron chi connectivity index (χ4n) is 2.35. The lowest BCUT2D eigenvalue weighted by molar-refractivity contribution is 0.101. The average molecular weight is 232 g/mol. The number of likely N-dealkylation sites (N-methyl/N-ethyl adjacent to an activating group) is 1. The van der Waals surface area contributed by atoms with Crippen LogP contribution in [0.15, 0.2) is 24.3 Å². The van der Waals surface area contributed by atoms with E-state index in [9.17, 15) is 4.79 Å². The summed E-state index contributed by atoms with van der Waals surface area (Å²) in [5, 5.41) is 0. The first-order chi connectivity index (χ1) is 8.22. The van der Waals surface area contributed by atoms with E-state index >= 15 is 0 Å². The zero-order chi connectivity index (χ0) is 12.3. The molecule has 0 aromatic heterocycles. The highest BCUT2D eigenvalue weighted by Crippen LogP contribution is 2.22. The fourth-order valence-corrected chi connectivity index (χ4v) is 2.35. The van der Waals surface area contributed by atoms with Gasteiger partial charge < -0.3 is 9.80 Å². The molecule has 2 rings (SSSR count). The minimum absolute atomic E-state index is 0.151. The monoisotopic (exact) mass is 232 g/mol. The van der Waals surface area contributed by atoms with Gasteiger partial charge in [-0.25, -0.2) is 0 Å². The summed E-state index contributed by atoms with van der Waals surface area (Å²) < 4.78 is 0. The second-order valence-corrected chi connectivity index (χ2v) is 4.49. The highest BCUT2D eigenvalue weighted by atomic mass is 16.1. The molecule has 0 atom stereocenters. The van der Waals surface area contributed by atoms with Gasteiger partial charge in [0, 0.05) is 37.4 Å². The van der Waals surface area contributed by atoms with E-state index in [2.05, 4.69) is 22.8 Å². The Morgan fingerprint density at radius 2 is 1.82 bits per heavy atom. The third kappa shape index (κ3) is 2.67. The zero-order valence-corrected chi connectivity index (χ0v) is 10.6. The van der Waals surface area contributed by atoms with E-state index in [4.69, 9.17) is 0 Å². The Hall–Kier alpha value is -1.35. The SMILES string of the molecule is CCN1CCN(c2ccccc2C(C)=O)CC1. The van der Waals surface area contributed by atoms with Crippen LogP contribution in [0, 0.1) is 0 Å². The van der Waals surface area contributed by atoms with Gasteiger partial charge in [0.15, 0.2) is 5.78 Å². The summed E-state index contributed by atoms with van der Waals surface area (Å²) >= 11 is 0. The maximum atomic E-state index is 11.6. The molecule has 0 spiro atoms. The van der Waals surface area contributed by atoms with Crippen LogP contribution in [-0.4, -0.2) is 43.4 Å². The maximum Gasteiger partial charge on any atom is 0.161 e. The lowest BCUT2D eigenvalue weighted by Crippen LogP contribution is -2.46. The lowest BCUT2D eigenvalue weighted by Gasteiger charge is -2.36. The Bertz CT molecular complexity index is 395. The van der Waals surface area contributed by atoms with Gasteiger partial charge in [0.05, 0.1) is 0 Å². The Kier molecular flexibility index (Phi) is 3.79. The second kappa shape index (κ2) is 5.32. The van der Waals surface area contributed by atoms with Gasteiger partial charge in [-0.1, -0.05) is 19.1 Å². The van der Waals surface area contributed by atoms with Crippen LogP contribution in [0.5, 0.6) is 0 Å². The molecule has 0 amide bonds. The van der Waals surface area contributed by atoms with E-state index in [1.165, 1.54) is 0 Å². The Balaban J connectivity index is 2.15. The number of benzene rings is 1. The molecule has 17 heavy (non-hydrogen) atoms. The van der Waals surface area contributed by atoms with Crippen LogP contribution >= 0.6 is 0 Å². The van der Waals surface area contributed by atoms with Crippen molar-refractivity contribution in [2.75, 3.05) is 37.6 Å². The van der Waals surface area contributed by atoms with Crippen LogP contribution in [0.3, 0.4) is 0 Å². The average Bonchev–Trinajstić information content (AvgIpc) is 2.39. The number of carbonyl (C=O) groups is 1. The molecule has 1 heterocycles. The van der Waals surface area contributed by atoms with Crippen LogP contribution in [0.2, 0.25) is 0 Å². The van der Waals surface area contributed by atoms with Gasteiger partial charge in [-0.3, -0.25) is 4.79 Å². The summed E-state index contributed by atoms with van der Waals surface area (Å²) in [4.78, 5) is 16.4. The third-order valence-corrected chi connectivity index (χ3v) is 3.44. The number of rotatable bonds is 3. The smallest absolute Gasteiger partial charge is 0.161 e. The number of anilines is 1. The van der Waals surface area contributed by atoms with E-state index in [0.29, 0.717) is 0 Å². The molecule has 1 fully saturated rings. The summed E-state index contributed by atoms with van der Waals surface area (Å²) in [5.41, 5.74) is 1.94. The first-order valence-electron chi connectivity index (χ1n) is 6.29. The number of nitrogens with zero attached hydrogens (tertiary/aromatic N) is 2. The topological polar surface area (TPSA) is 23.6 Å². The van der Waals surface area contributed by atoms with Crippen LogP contribution in [0.1, 0.15) is 24.2 Å². The molecule has 3 nitrogen and oxygen atoms in total. The van der Waals surface area contributed by atoms with Gasteiger partial charge in [-0.15, -0.1) is 0 Å². The van der Waals surface area contributed by atoms with E-state index in [0.717, 1.165) is 44.0 Å². The van der Waals surface area contributed by atoms with Crippen molar-refractivity contribution in [1.82, 2.24) is 4.90 Å². The van der Waals surface area contributed by atoms with E-state index in [1.807, 2.05) is 18.2 Å². The van der Waals surface area contributed by atoms with Gasteiger partial charge in [0.2, 0.25) is 0 Å². The standard InChI is InChI=1S/C14H20N2O/c1-3-15-8-10-16(11-9-15)14-7-5-4-6-13(14)12(2)17/h4-7H,3,8-11H2,1-2H3. The molecule has 0 radical (unpaired) electrons. The van der Waals surface area contributed by atoms with Crippen molar-refractivity contribution in [3.8, 4) is 0 Å². The molecule has 0 saturated carbocycles. The van der Waals surface area contributed by atoms with Crippen LogP contribution in [-0.2, 0) is 0 Å². The number of para-hydroxylation sites is 1. The van der Waals surface area contributed by atoms with Gasteiger partial charge >= 0.3 is 0 Å². The number of hydrogen-bond acceptors (Lipinski definition) is 3. The predicted octanol–water partition coefficient (Wildman–Crippen LogP) is 2.03. The molecule has 1 aromatic rings. The Morgan fingerprint density at radius 1 is 1.18 bits per heavy atom. The van der Waals surface area contributed by atoms with Gasteiger partial charge in [0.25, 0.3) is 0 Å². The molecule has 0 bridgehead atoms. The largest absolute Gasteiger partial charge is 0.368 e. The van der Waals surface area contributed by atoms with Crippen molar-refractivity contribution in [3.63, 3.8) is 0 Å². The van der Waals surface area contributed by atoms with E-state index < -0.39 is 0 Å². The van der Waals surface area contributed by atoms with Crippen LogP contribution in [0.25, 0.3) is 0 Å². The molecular weight excluding hydrogens is 212 g/mol. The number of Topliss-reactive ketones (excluding diaryl/α,β-unsaturated/α-hetero) is 1. The van der Waals surface area contributed by atoms with Crippen LogP contribution < -0.4 is 4.90 Å². The zero-order valence-electron chi connectivity index (χ0n) is 10.6. The second-order valence-electron chi connectivity index (χ2n) is 4.49. The highest BCUT2D eigenvalue weighted by Gasteiger charge is 2.18. The fraction of sp³-hybridized carbons (Fsp3) is 0.500. The minimum Gasteiger partial charge on any atom is -0.368 e. The molecule has 1 saturated heterocycles. The molecule has 0 unspecified atom stereocenters. The molecule has 92 valence electrons. The molecule has 3 heteroatoms. The van der Waals surface area contributed by atoms with E-state index in [-0.39, 0.29) is 5.78 Å². The first kappa shape index (κ1) is 12.1. The quantitative estimate of drug-likeness (QED) is 0.745. The number of carbonyl (C=O) groups excluding carboxylic acids is 1. The molecule has 1 aromatic carbocycles. The summed E-state index contributed by atoms with van der Waals surface area (Å²) in [6, 6.07) is 7.92. The van der Waals surface area contributed by atoms with Gasteiger partial charge in [-0.05, 0) is 25.6 Å². The summed E-state index contributed by atoms with van der Waals surface area (Å²) in [6.45, 7) is 9.14. The Labute approximate surface area is 103 Å². The van der Waals surface area contributed by atoms with E-state index in [1.54, 1.807) is 6.92 Å². The van der Waals surface area contributed by atoms with Crippen molar-refractivity contribution in [2.45, 2.75) is 13.8 Å². The van der Waals surface area contributed by atoms with Crippen molar-refractivity contribution in [1.29, 1.82) is 0 Å². The summed E-state index contributed by atoms with van der Waals surface area (Å²) in [6.07, 6.45) is 0. The highest BCUT2D eigenvalue weighted by molar-refractivity contribution is 5.99. The molecular formula is C14H20N2O. The third-order valence-electron chi connectivity index (χ3n) is 3.44. The maximum absolute atomic E-state index is 11.6. The molecule has 0 N–H and O–H groups in total. The number of ketones is 1. The molecule has 1 aliphatic heterocycles. The predicted molar refractivity (Wildman–Crippen MR) is 70.8 cm³/mol. The van der Waals surface area contributed by atoms with Crippen molar-refractivity contribution in [3.05, 3.63) is 29.8 Å². The van der Waals surface area contributed by atoms with Crippen LogP contribution in [0.4, 0.5) is 5.69 Å². The number of hydrogen-bond donors (Lipinski definition) is 0. The minimum atomic E-state index is 0.151. The summed E-state index contributed by atoms with van der Waals surface area (Å²) in [7, 11) is 0. The van der Waals surface area contributed by atoms with Crippen molar-refractivity contribution >= 4 is 11.5 Å². The summed E-state index contributed by atoms with van der Waals surface area (Å²) in [5.74, 6) is 0.151. The Morgan fingerprint density at radius 3 is 2.41 bits per heavy atom.